The molecule has 0 unspecified atom stereocenters. The lowest BCUT2D eigenvalue weighted by Gasteiger charge is -2.08. The summed E-state index contributed by atoms with van der Waals surface area (Å²) in [7, 11) is 0. The van der Waals surface area contributed by atoms with Crippen LogP contribution in [0.5, 0.6) is 0 Å². The number of pyridine rings is 2. The van der Waals surface area contributed by atoms with Gasteiger partial charge in [-0.3, -0.25) is 5.32 Å². The molecule has 0 saturated heterocycles. The standard InChI is InChI=1S/C10H13N3O3S.C7H8N4O/c1-2-16-10(15)13-9(17)12-8-4-3-7(6-14)5-11-8;8-7-9-6-2-1-5(4-12)3-11(6)10-7/h3-5,14H,2,6H2,1H3,(H2,11,12,13,15,17);1-3,12H,4H2,(H2,8,10). The number of aromatic nitrogens is 4. The van der Waals surface area contributed by atoms with Crippen molar-refractivity contribution in [3.05, 3.63) is 47.8 Å². The van der Waals surface area contributed by atoms with E-state index in [0.717, 1.165) is 5.56 Å². The van der Waals surface area contributed by atoms with E-state index in [1.165, 1.54) is 6.20 Å². The third-order valence-electron chi connectivity index (χ3n) is 3.33. The smallest absolute Gasteiger partial charge is 0.413 e. The highest BCUT2D eigenvalue weighted by Crippen LogP contribution is 2.05. The van der Waals surface area contributed by atoms with Crippen LogP contribution in [0.1, 0.15) is 18.1 Å². The van der Waals surface area contributed by atoms with E-state index in [0.29, 0.717) is 17.0 Å². The summed E-state index contributed by atoms with van der Waals surface area (Å²) < 4.78 is 6.20. The number of alkyl carbamates (subject to hydrolysis) is 1. The molecule has 6 N–H and O–H groups in total. The number of carbonyl (C=O) groups is 1. The van der Waals surface area contributed by atoms with E-state index < -0.39 is 6.09 Å². The molecule has 1 amide bonds. The minimum atomic E-state index is -0.614. The highest BCUT2D eigenvalue weighted by Gasteiger charge is 2.05. The van der Waals surface area contributed by atoms with E-state index in [4.69, 9.17) is 28.2 Å². The number of thiocarbonyl (C=S) groups is 1. The van der Waals surface area contributed by atoms with Crippen LogP contribution in [0.2, 0.25) is 0 Å². The number of nitrogens with one attached hydrogen (secondary N) is 2. The lowest BCUT2D eigenvalue weighted by atomic mass is 10.3. The van der Waals surface area contributed by atoms with Crippen molar-refractivity contribution in [2.45, 2.75) is 20.1 Å². The van der Waals surface area contributed by atoms with Gasteiger partial charge in [0.15, 0.2) is 10.8 Å². The molecule has 0 aliphatic carbocycles. The zero-order valence-corrected chi connectivity index (χ0v) is 16.4. The number of nitrogen functional groups attached to an aromatic ring is 1. The number of amides is 1. The van der Waals surface area contributed by atoms with Crippen molar-refractivity contribution >= 4 is 40.8 Å². The lowest BCUT2D eigenvalue weighted by Crippen LogP contribution is -2.34. The SMILES string of the molecule is CCOC(=O)NC(=S)Nc1ccc(CO)cn1.Nc1nc2ccc(CO)cn2n1. The van der Waals surface area contributed by atoms with Gasteiger partial charge in [-0.1, -0.05) is 12.1 Å². The van der Waals surface area contributed by atoms with Crippen LogP contribution in [0.15, 0.2) is 36.7 Å². The average molecular weight is 419 g/mol. The predicted molar refractivity (Wildman–Crippen MR) is 110 cm³/mol. The number of aliphatic hydroxyl groups is 2. The number of aliphatic hydroxyl groups excluding tert-OH is 2. The van der Waals surface area contributed by atoms with Crippen LogP contribution in [-0.2, 0) is 18.0 Å². The maximum atomic E-state index is 11.0. The maximum absolute atomic E-state index is 11.0. The Morgan fingerprint density at radius 3 is 2.59 bits per heavy atom. The largest absolute Gasteiger partial charge is 0.450 e. The molecule has 0 aliphatic rings. The van der Waals surface area contributed by atoms with E-state index in [1.54, 1.807) is 41.9 Å². The highest BCUT2D eigenvalue weighted by atomic mass is 32.1. The minimum absolute atomic E-state index is 0.00426. The van der Waals surface area contributed by atoms with Gasteiger partial charge in [-0.15, -0.1) is 5.10 Å². The number of rotatable bonds is 4. The van der Waals surface area contributed by atoms with Gasteiger partial charge in [0.05, 0.1) is 19.8 Å². The van der Waals surface area contributed by atoms with E-state index in [2.05, 4.69) is 30.4 Å². The minimum Gasteiger partial charge on any atom is -0.450 e. The molecular weight excluding hydrogens is 398 g/mol. The second kappa shape index (κ2) is 10.8. The van der Waals surface area contributed by atoms with Crippen LogP contribution in [0.3, 0.4) is 0 Å². The molecule has 12 heteroatoms. The molecule has 0 fully saturated rings. The van der Waals surface area contributed by atoms with Gasteiger partial charge in [0.2, 0.25) is 5.95 Å². The predicted octanol–water partition coefficient (Wildman–Crippen LogP) is 0.821. The van der Waals surface area contributed by atoms with Gasteiger partial charge in [-0.2, -0.15) is 4.98 Å². The Hall–Kier alpha value is -3.35. The van der Waals surface area contributed by atoms with E-state index >= 15 is 0 Å². The highest BCUT2D eigenvalue weighted by molar-refractivity contribution is 7.80. The number of nitrogens with two attached hydrogens (primary N) is 1. The van der Waals surface area contributed by atoms with Gasteiger partial charge >= 0.3 is 6.09 Å². The number of hydrogen-bond donors (Lipinski definition) is 5. The first-order valence-corrected chi connectivity index (χ1v) is 8.88. The summed E-state index contributed by atoms with van der Waals surface area (Å²) >= 11 is 4.88. The van der Waals surface area contributed by atoms with Gasteiger partial charge in [0, 0.05) is 12.4 Å². The molecule has 0 spiro atoms. The quantitative estimate of drug-likeness (QED) is 0.383. The Morgan fingerprint density at radius 2 is 1.97 bits per heavy atom. The first-order valence-electron chi connectivity index (χ1n) is 8.47. The summed E-state index contributed by atoms with van der Waals surface area (Å²) in [5, 5.41) is 26.7. The van der Waals surface area contributed by atoms with Gasteiger partial charge in [0.1, 0.15) is 5.82 Å². The van der Waals surface area contributed by atoms with E-state index in [-0.39, 0.29) is 30.9 Å². The second-order valence-corrected chi connectivity index (χ2v) is 5.89. The van der Waals surface area contributed by atoms with Crippen LogP contribution >= 0.6 is 12.2 Å². The first-order chi connectivity index (χ1) is 13.9. The molecule has 29 heavy (non-hydrogen) atoms. The van der Waals surface area contributed by atoms with Crippen molar-refractivity contribution in [2.75, 3.05) is 17.7 Å². The van der Waals surface area contributed by atoms with Crippen molar-refractivity contribution in [3.8, 4) is 0 Å². The number of anilines is 2. The summed E-state index contributed by atoms with van der Waals surface area (Å²) in [6.07, 6.45) is 2.59. The fourth-order valence-corrected chi connectivity index (χ4v) is 2.22. The van der Waals surface area contributed by atoms with E-state index in [9.17, 15) is 4.79 Å². The molecule has 3 aromatic rings. The molecule has 3 rings (SSSR count). The normalized spacial score (nSPS) is 10.0. The fourth-order valence-electron chi connectivity index (χ4n) is 2.04. The van der Waals surface area contributed by atoms with Crippen molar-refractivity contribution in [1.29, 1.82) is 0 Å². The molecule has 0 saturated carbocycles. The second-order valence-electron chi connectivity index (χ2n) is 5.48. The topological polar surface area (TPSA) is 160 Å². The number of carbonyl (C=O) groups excluding carboxylic acids is 1. The Labute approximate surface area is 171 Å². The van der Waals surface area contributed by atoms with Crippen LogP contribution in [0.25, 0.3) is 5.65 Å². The summed E-state index contributed by atoms with van der Waals surface area (Å²) in [5.41, 5.74) is 7.54. The third kappa shape index (κ3) is 6.95. The Bertz CT molecular complexity index is 962. The number of nitrogens with zero attached hydrogens (tertiary/aromatic N) is 4. The molecule has 0 radical (unpaired) electrons. The number of ether oxygens (including phenoxy) is 1. The molecule has 11 nitrogen and oxygen atoms in total. The lowest BCUT2D eigenvalue weighted by molar-refractivity contribution is 0.158. The third-order valence-corrected chi connectivity index (χ3v) is 3.54. The zero-order chi connectivity index (χ0) is 21.2. The summed E-state index contributed by atoms with van der Waals surface area (Å²) in [6.45, 7) is 1.90. The van der Waals surface area contributed by atoms with Crippen LogP contribution in [0, 0.1) is 0 Å². The molecule has 154 valence electrons. The van der Waals surface area contributed by atoms with Crippen molar-refractivity contribution in [2.24, 2.45) is 0 Å². The van der Waals surface area contributed by atoms with Crippen LogP contribution in [0.4, 0.5) is 16.6 Å². The zero-order valence-electron chi connectivity index (χ0n) is 15.6. The number of fused-ring (bicyclic) bond motifs is 1. The summed E-state index contributed by atoms with van der Waals surface area (Å²) in [4.78, 5) is 19.0. The van der Waals surface area contributed by atoms with Crippen LogP contribution in [-0.4, -0.2) is 47.6 Å². The summed E-state index contributed by atoms with van der Waals surface area (Å²) in [5.74, 6) is 0.717. The van der Waals surface area contributed by atoms with Gasteiger partial charge in [-0.05, 0) is 42.4 Å². The summed E-state index contributed by atoms with van der Waals surface area (Å²) in [6, 6.07) is 6.88. The maximum Gasteiger partial charge on any atom is 0.413 e. The fraction of sp³-hybridized carbons (Fsp3) is 0.235. The first kappa shape index (κ1) is 21.9. The molecule has 0 aromatic carbocycles. The molecular formula is C17H21N7O4S. The Kier molecular flexibility index (Phi) is 8.21. The van der Waals surface area contributed by atoms with Gasteiger partial charge < -0.3 is 26.0 Å². The monoisotopic (exact) mass is 419 g/mol. The van der Waals surface area contributed by atoms with Crippen molar-refractivity contribution in [3.63, 3.8) is 0 Å². The van der Waals surface area contributed by atoms with Gasteiger partial charge in [-0.25, -0.2) is 14.3 Å². The number of hydrogen-bond acceptors (Lipinski definition) is 9. The van der Waals surface area contributed by atoms with Crippen molar-refractivity contribution in [1.82, 2.24) is 24.9 Å². The van der Waals surface area contributed by atoms with Crippen LogP contribution < -0.4 is 16.4 Å². The molecule has 3 heterocycles. The Balaban J connectivity index is 0.000000218. The molecule has 0 atom stereocenters. The van der Waals surface area contributed by atoms with Crippen molar-refractivity contribution < 1.29 is 19.7 Å². The molecule has 0 bridgehead atoms. The Morgan fingerprint density at radius 1 is 1.24 bits per heavy atom. The van der Waals surface area contributed by atoms with E-state index in [1.807, 2.05) is 0 Å². The molecule has 3 aromatic heterocycles. The van der Waals surface area contributed by atoms with Gasteiger partial charge in [0.25, 0.3) is 0 Å². The molecule has 0 aliphatic heterocycles. The average Bonchev–Trinajstić information content (AvgIpc) is 3.08.